The Morgan fingerprint density at radius 3 is 1.23 bits per heavy atom. The van der Waals surface area contributed by atoms with Crippen molar-refractivity contribution in [2.24, 2.45) is 21.0 Å². The highest BCUT2D eigenvalue weighted by atomic mass is 79.9. The number of aliphatic imine (C=N–C) groups is 1. The number of anilines is 4. The Hall–Kier alpha value is -10.4. The molecule has 1 amide bonds. The first kappa shape index (κ1) is 73.8. The van der Waals surface area contributed by atoms with Crippen molar-refractivity contribution < 1.29 is 115 Å². The molecule has 7 aromatic heterocycles. The summed E-state index contributed by atoms with van der Waals surface area (Å²) in [5.74, 6) is -9.26. The molecule has 0 aliphatic carbocycles. The van der Waals surface area contributed by atoms with E-state index in [-0.39, 0.29) is 118 Å². The van der Waals surface area contributed by atoms with Gasteiger partial charge in [-0.2, -0.15) is 25.3 Å². The maximum Gasteiger partial charge on any atom is 0.446 e. The van der Waals surface area contributed by atoms with Gasteiger partial charge in [-0.1, -0.05) is 15.5 Å². The van der Waals surface area contributed by atoms with E-state index in [9.17, 15) is 75.6 Å². The van der Waals surface area contributed by atoms with E-state index in [0.29, 0.717) is 15.7 Å². The lowest BCUT2D eigenvalue weighted by atomic mass is 10.2. The number of carbonyl (C=O) groups is 1. The van der Waals surface area contributed by atoms with Crippen LogP contribution < -0.4 is 78.9 Å². The number of halogens is 9. The molecule has 16 N–H and O–H groups in total. The minimum absolute atomic E-state index is 0.00238. The summed E-state index contributed by atoms with van der Waals surface area (Å²) < 4.78 is 281. The van der Waals surface area contributed by atoms with Crippen LogP contribution in [0.5, 0.6) is 0 Å². The number of hydrogen-bond donors (Lipinski definition) is 13. The van der Waals surface area contributed by atoms with Gasteiger partial charge in [-0.25, -0.2) is 112 Å². The number of hydroxylamine groups is 1. The van der Waals surface area contributed by atoms with Gasteiger partial charge in [0, 0.05) is 63.0 Å². The van der Waals surface area contributed by atoms with Crippen LogP contribution in [0.25, 0.3) is 51.6 Å². The van der Waals surface area contributed by atoms with Gasteiger partial charge in [-0.15, -0.1) is 0 Å². The van der Waals surface area contributed by atoms with Crippen molar-refractivity contribution in [2.75, 3.05) is 79.9 Å². The Bertz CT molecular complexity index is 6300. The van der Waals surface area contributed by atoms with E-state index in [1.165, 1.54) is 4.72 Å². The predicted molar refractivity (Wildman–Crippen MR) is 401 cm³/mol. The fourth-order valence-electron chi connectivity index (χ4n) is 7.43. The molecule has 0 spiro atoms. The standard InChI is InChI=1S/C13H12BrFN6O5S.C12H11BrFN7O5S.C12H10BrFN6O3.C11H13BrFN7O4S.C5H10ClNO4S/c1-27(23,24)17-5-4-16-11-10(18-26-19-11)12-20-25-13(22)21(12)7-2-3-9(15)8(14)6-7;13-7-5-6(1-2-8(7)14)21-11(20-25-12(21)22)9-10(19-26-18-9)16-3-4-17-27(15,23)24;13-7-5-6(1-2-8(7)14)20-11(19-22-12(20)21)9-10(16-4-3-15)18-23-17-9;12-7-5-6(1-2-8(7)13)17-11(18-21)9-10(20-24-19-9)15-3-4-16-25(14,22)23;1-5(2,3)11-4(8)7-12(6,9)10/h2-3,6,17H,4-5H2,1H3,(H,16,19);1-2,5,17H,3-4H2,(H,16,19)(H2,15,23,24);1-2,5H,3-4,15H2,(H,16,18);1-2,5,16,21H,3-4H2,(H,15,20)(H,17,18)(H2,14,22,23);1-3H3,(H,7,8)/i2D,3D,6D;3*1D,2D,5D;. The Labute approximate surface area is 690 Å². The average Bonchev–Trinajstić information content (AvgIpc) is 1.56. The number of rotatable bonds is 27. The predicted octanol–water partition coefficient (Wildman–Crippen LogP) is 3.10. The number of nitrogens with two attached hydrogens (primary N) is 3. The lowest BCUT2D eigenvalue weighted by Crippen LogP contribution is -2.34. The zero-order valence-electron chi connectivity index (χ0n) is 68.7. The van der Waals surface area contributed by atoms with Crippen LogP contribution in [0.4, 0.5) is 51.3 Å². The zero-order chi connectivity index (χ0) is 94.5. The second-order valence-electron chi connectivity index (χ2n) is 21.2. The quantitative estimate of drug-likeness (QED) is 0.00878. The van der Waals surface area contributed by atoms with Crippen LogP contribution in [0.2, 0.25) is 0 Å². The van der Waals surface area contributed by atoms with Crippen LogP contribution in [-0.2, 0) is 44.4 Å². The molecule has 0 radical (unpaired) electrons. The first-order valence-corrected chi connectivity index (χ1v) is 40.0. The van der Waals surface area contributed by atoms with E-state index in [4.69, 9.17) is 43.1 Å². The molecule has 616 valence electrons. The molecule has 11 rings (SSSR count). The van der Waals surface area contributed by atoms with Crippen LogP contribution in [0.15, 0.2) is 142 Å². The summed E-state index contributed by atoms with van der Waals surface area (Å²) in [5, 5.41) is 69.1. The summed E-state index contributed by atoms with van der Waals surface area (Å²) in [4.78, 5) is 51.2. The first-order valence-electron chi connectivity index (χ1n) is 35.6. The molecule has 11 aromatic rings. The third-order valence-corrected chi connectivity index (χ3v) is 16.5. The maximum absolute atomic E-state index is 14.0. The summed E-state index contributed by atoms with van der Waals surface area (Å²) in [6.45, 7) is 5.21. The van der Waals surface area contributed by atoms with E-state index in [2.05, 4.69) is 188 Å². The second-order valence-corrected chi connectivity index (χ2v) is 31.3. The summed E-state index contributed by atoms with van der Waals surface area (Å²) in [5.41, 5.74) is 3.97. The zero-order valence-corrected chi connectivity index (χ0v) is 67.1. The fraction of sp³-hybridized carbons (Fsp3) is 0.245. The van der Waals surface area contributed by atoms with E-state index in [1.807, 2.05) is 9.44 Å². The minimum Gasteiger partial charge on any atom is -0.443 e. The van der Waals surface area contributed by atoms with Crippen molar-refractivity contribution in [2.45, 2.75) is 26.4 Å². The smallest absolute Gasteiger partial charge is 0.443 e. The van der Waals surface area contributed by atoms with Crippen LogP contribution >= 0.6 is 74.4 Å². The van der Waals surface area contributed by atoms with Gasteiger partial charge in [0.2, 0.25) is 50.8 Å². The maximum atomic E-state index is 14.0. The topological polar surface area (TPSA) is 682 Å². The Morgan fingerprint density at radius 1 is 0.535 bits per heavy atom. The van der Waals surface area contributed by atoms with Gasteiger partial charge < -0.3 is 31.7 Å². The Kier molecular flexibility index (Phi) is 26.3. The molecular formula is C53H56Br4ClF4N27O21S4. The number of ether oxygens (including phenoxy) is 1. The molecule has 0 aliphatic rings. The molecule has 0 saturated carbocycles. The highest BCUT2D eigenvalue weighted by molar-refractivity contribution is 9.11. The molecule has 0 bridgehead atoms. The van der Waals surface area contributed by atoms with Gasteiger partial charge in [0.25, 0.3) is 20.4 Å². The summed E-state index contributed by atoms with van der Waals surface area (Å²) >= 11 is 11.3. The molecule has 114 heavy (non-hydrogen) atoms. The SMILES string of the molecule is CC(C)(C)OC(=O)NS(=O)(=O)Cl.[2H]c1c([2H])c(-n2c(-c3nonc3NCCN)noc2=O)c([2H])c(Br)c1F.[2H]c1c([2H])c(-n2c(-c3nonc3NCCNS(C)(=O)=O)noc2=O)c([2H])c(Br)c1F.[2H]c1c([2H])c(-n2c(-c3nonc3NCCNS(N)(=O)=O)noc2=O)c([2H])c(Br)c1F.[2H]c1c([2H])c(N=C(NO)c2nonc2NCCNS(N)(=O)=O)c([2H])c(Br)c1F. The van der Waals surface area contributed by atoms with Crippen molar-refractivity contribution in [3.05, 3.63) is 151 Å². The van der Waals surface area contributed by atoms with Crippen LogP contribution in [0, 0.1) is 23.3 Å². The van der Waals surface area contributed by atoms with E-state index in [1.54, 1.807) is 26.3 Å². The van der Waals surface area contributed by atoms with Gasteiger partial charge in [0.15, 0.2) is 28.6 Å². The van der Waals surface area contributed by atoms with Crippen molar-refractivity contribution in [3.63, 3.8) is 0 Å². The summed E-state index contributed by atoms with van der Waals surface area (Å²) in [6.07, 6.45) is -0.0971. The Morgan fingerprint density at radius 2 is 0.877 bits per heavy atom. The number of carbonyl (C=O) groups excluding carboxylic acids is 1. The summed E-state index contributed by atoms with van der Waals surface area (Å²) in [6, 6.07) is -8.51. The second kappa shape index (κ2) is 40.6. The van der Waals surface area contributed by atoms with Gasteiger partial charge >= 0.3 is 32.6 Å². The lowest BCUT2D eigenvalue weighted by Gasteiger charge is -2.18. The fourth-order valence-corrected chi connectivity index (χ4v) is 10.3. The number of amidine groups is 1. The monoisotopic (exact) mass is 1970 g/mol. The van der Waals surface area contributed by atoms with Crippen molar-refractivity contribution >= 4 is 155 Å². The van der Waals surface area contributed by atoms with Gasteiger partial charge in [-0.05, 0) is 198 Å². The molecule has 7 heterocycles. The largest absolute Gasteiger partial charge is 0.446 e. The van der Waals surface area contributed by atoms with Gasteiger partial charge in [0.05, 0.1) is 63.3 Å². The first-order chi connectivity index (χ1) is 58.6. The van der Waals surface area contributed by atoms with Crippen molar-refractivity contribution in [3.8, 4) is 51.6 Å². The molecule has 4 aromatic carbocycles. The molecule has 61 heteroatoms. The van der Waals surface area contributed by atoms with Crippen molar-refractivity contribution in [1.82, 2.24) is 94.8 Å². The number of amides is 1. The van der Waals surface area contributed by atoms with E-state index in [0.717, 1.165) is 10.8 Å². The highest BCUT2D eigenvalue weighted by Gasteiger charge is 2.28. The van der Waals surface area contributed by atoms with Crippen LogP contribution in [0.1, 0.15) is 42.9 Å². The molecule has 0 saturated heterocycles. The number of nitrogens with zero attached hydrogens (tertiary/aromatic N) is 15. The summed E-state index contributed by atoms with van der Waals surface area (Å²) in [7, 11) is -10.5. The van der Waals surface area contributed by atoms with Gasteiger partial charge in [0.1, 0.15) is 28.9 Å². The molecule has 0 atom stereocenters. The minimum atomic E-state index is -4.05. The highest BCUT2D eigenvalue weighted by Crippen LogP contribution is 2.30. The number of benzene rings is 4. The molecular weight excluding hydrogens is 1910 g/mol. The van der Waals surface area contributed by atoms with Crippen molar-refractivity contribution in [1.29, 1.82) is 0 Å². The normalized spacial score (nSPS) is 13.2. The van der Waals surface area contributed by atoms with E-state index < -0.39 is 202 Å². The number of aromatic nitrogens is 14. The molecule has 48 nitrogen and oxygen atoms in total. The third-order valence-electron chi connectivity index (χ3n) is 11.7. The lowest BCUT2D eigenvalue weighted by molar-refractivity contribution is 0.0571. The van der Waals surface area contributed by atoms with Crippen LogP contribution in [-0.4, -0.2) is 185 Å². The van der Waals surface area contributed by atoms with Gasteiger partial charge in [-0.3, -0.25) is 24.3 Å². The number of nitrogens with one attached hydrogen (secondary N) is 9. The van der Waals surface area contributed by atoms with Crippen LogP contribution in [0.3, 0.4) is 0 Å². The molecule has 0 unspecified atom stereocenters. The number of hydrogen-bond acceptors (Lipinski definition) is 38. The Balaban J connectivity index is 0.000000221. The van der Waals surface area contributed by atoms with E-state index >= 15 is 0 Å². The molecule has 0 fully saturated rings. The number of sulfonamides is 1. The average molecular weight is 1980 g/mol. The molecule has 0 aliphatic heterocycles. The third kappa shape index (κ3) is 27.7.